The lowest BCUT2D eigenvalue weighted by molar-refractivity contribution is -0.126. The van der Waals surface area contributed by atoms with Gasteiger partial charge < -0.3 is 15.4 Å². The third kappa shape index (κ3) is 4.97. The van der Waals surface area contributed by atoms with Crippen LogP contribution < -0.4 is 10.6 Å². The predicted molar refractivity (Wildman–Crippen MR) is 114 cm³/mol. The maximum Gasteiger partial charge on any atom is 0.411 e. The van der Waals surface area contributed by atoms with Crippen molar-refractivity contribution in [1.29, 1.82) is 0 Å². The predicted octanol–water partition coefficient (Wildman–Crippen LogP) is 3.54. The summed E-state index contributed by atoms with van der Waals surface area (Å²) in [6, 6.07) is 13.9. The van der Waals surface area contributed by atoms with E-state index in [-0.39, 0.29) is 24.4 Å². The van der Waals surface area contributed by atoms with Gasteiger partial charge in [-0.15, -0.1) is 0 Å². The van der Waals surface area contributed by atoms with Crippen molar-refractivity contribution in [2.45, 2.75) is 52.4 Å². The summed E-state index contributed by atoms with van der Waals surface area (Å²) in [6.45, 7) is 7.41. The highest BCUT2D eigenvalue weighted by atomic mass is 16.6. The number of aryl methyl sites for hydroxylation is 1. The first-order valence-electron chi connectivity index (χ1n) is 9.95. The Labute approximate surface area is 176 Å². The van der Waals surface area contributed by atoms with E-state index < -0.39 is 18.2 Å². The Kier molecular flexibility index (Phi) is 6.40. The molecule has 30 heavy (non-hydrogen) atoms. The number of carbonyl (C=O) groups excluding carboxylic acids is 3. The summed E-state index contributed by atoms with van der Waals surface area (Å²) >= 11 is 0. The Morgan fingerprint density at radius 3 is 2.47 bits per heavy atom. The van der Waals surface area contributed by atoms with Crippen molar-refractivity contribution >= 4 is 23.6 Å². The fourth-order valence-corrected chi connectivity index (χ4v) is 3.47. The molecule has 1 heterocycles. The normalized spacial score (nSPS) is 18.3. The third-order valence-corrected chi connectivity index (χ3v) is 4.79. The van der Waals surface area contributed by atoms with Crippen LogP contribution in [0.2, 0.25) is 0 Å². The molecule has 7 heteroatoms. The number of nitrogens with one attached hydrogen (secondary N) is 2. The van der Waals surface area contributed by atoms with Crippen LogP contribution in [0.1, 0.15) is 43.6 Å². The molecule has 7 nitrogen and oxygen atoms in total. The molecule has 2 N–H and O–H groups in total. The lowest BCUT2D eigenvalue weighted by Gasteiger charge is -2.25. The van der Waals surface area contributed by atoms with Gasteiger partial charge in [0.2, 0.25) is 11.8 Å². The van der Waals surface area contributed by atoms with E-state index >= 15 is 0 Å². The molecule has 0 saturated carbocycles. The summed E-state index contributed by atoms with van der Waals surface area (Å²) < 4.78 is 5.64. The highest BCUT2D eigenvalue weighted by Crippen LogP contribution is 2.35. The second-order valence-corrected chi connectivity index (χ2v) is 7.83. The average molecular weight is 409 g/mol. The molecule has 1 aliphatic rings. The fourth-order valence-electron chi connectivity index (χ4n) is 3.47. The van der Waals surface area contributed by atoms with Crippen LogP contribution in [0, 0.1) is 6.92 Å². The zero-order valence-electron chi connectivity index (χ0n) is 17.6. The van der Waals surface area contributed by atoms with Gasteiger partial charge in [-0.2, -0.15) is 0 Å². The number of nitrogens with zero attached hydrogens (tertiary/aromatic N) is 1. The molecule has 0 aliphatic carbocycles. The molecule has 2 aromatic carbocycles. The molecule has 3 amide bonds. The molecule has 0 radical (unpaired) electrons. The first-order chi connectivity index (χ1) is 14.2. The van der Waals surface area contributed by atoms with E-state index in [1.165, 1.54) is 11.8 Å². The van der Waals surface area contributed by atoms with Crippen molar-refractivity contribution in [3.63, 3.8) is 0 Å². The molecular formula is C23H27N3O4. The zero-order valence-corrected chi connectivity index (χ0v) is 17.6. The second kappa shape index (κ2) is 8.98. The van der Waals surface area contributed by atoms with E-state index in [0.717, 1.165) is 11.1 Å². The van der Waals surface area contributed by atoms with E-state index in [1.54, 1.807) is 24.3 Å². The van der Waals surface area contributed by atoms with Gasteiger partial charge in [0.25, 0.3) is 0 Å². The highest BCUT2D eigenvalue weighted by molar-refractivity contribution is 5.90. The molecule has 3 rings (SSSR count). The van der Waals surface area contributed by atoms with Gasteiger partial charge in [-0.3, -0.25) is 14.5 Å². The van der Waals surface area contributed by atoms with Crippen molar-refractivity contribution in [1.82, 2.24) is 10.2 Å². The number of ether oxygens (including phenoxy) is 1. The number of carbonyl (C=O) groups is 3. The highest BCUT2D eigenvalue weighted by Gasteiger charge is 2.47. The monoisotopic (exact) mass is 409 g/mol. The van der Waals surface area contributed by atoms with E-state index in [1.807, 2.05) is 45.0 Å². The summed E-state index contributed by atoms with van der Waals surface area (Å²) in [6.07, 6.45) is -1.33. The molecule has 0 bridgehead atoms. The lowest BCUT2D eigenvalue weighted by Crippen LogP contribution is -2.48. The SMILES string of the molecule is CC(=O)Nc1cccc([C@@H]2OC(=O)N(Cc3ccc(C)cc3)[C@H]2C(=O)NC(C)C)c1. The van der Waals surface area contributed by atoms with Gasteiger partial charge in [-0.25, -0.2) is 4.79 Å². The van der Waals surface area contributed by atoms with Crippen molar-refractivity contribution < 1.29 is 19.1 Å². The molecule has 2 atom stereocenters. The lowest BCUT2D eigenvalue weighted by atomic mass is 9.99. The number of anilines is 1. The molecule has 158 valence electrons. The van der Waals surface area contributed by atoms with Gasteiger partial charge in [-0.1, -0.05) is 42.0 Å². The molecule has 0 unspecified atom stereocenters. The van der Waals surface area contributed by atoms with Crippen LogP contribution in [0.4, 0.5) is 10.5 Å². The van der Waals surface area contributed by atoms with Gasteiger partial charge in [0.15, 0.2) is 12.1 Å². The Hall–Kier alpha value is -3.35. The van der Waals surface area contributed by atoms with Gasteiger partial charge in [0.05, 0.1) is 6.54 Å². The molecule has 1 fully saturated rings. The number of rotatable bonds is 6. The number of amides is 3. The van der Waals surface area contributed by atoms with Crippen LogP contribution in [-0.2, 0) is 20.9 Å². The Balaban J connectivity index is 1.93. The van der Waals surface area contributed by atoms with E-state index in [4.69, 9.17) is 4.74 Å². The van der Waals surface area contributed by atoms with E-state index in [0.29, 0.717) is 11.3 Å². The molecule has 1 aliphatic heterocycles. The van der Waals surface area contributed by atoms with Crippen LogP contribution in [0.15, 0.2) is 48.5 Å². The second-order valence-electron chi connectivity index (χ2n) is 7.83. The van der Waals surface area contributed by atoms with Crippen LogP contribution in [0.5, 0.6) is 0 Å². The quantitative estimate of drug-likeness (QED) is 0.764. The molecule has 0 spiro atoms. The maximum absolute atomic E-state index is 13.0. The largest absolute Gasteiger partial charge is 0.438 e. The number of hydrogen-bond acceptors (Lipinski definition) is 4. The summed E-state index contributed by atoms with van der Waals surface area (Å²) in [5.41, 5.74) is 3.25. The minimum Gasteiger partial charge on any atom is -0.438 e. The third-order valence-electron chi connectivity index (χ3n) is 4.79. The summed E-state index contributed by atoms with van der Waals surface area (Å²) in [7, 11) is 0. The number of benzene rings is 2. The van der Waals surface area contributed by atoms with Gasteiger partial charge in [-0.05, 0) is 44.0 Å². The Morgan fingerprint density at radius 1 is 1.13 bits per heavy atom. The van der Waals surface area contributed by atoms with Crippen molar-refractivity contribution in [3.05, 3.63) is 65.2 Å². The first-order valence-corrected chi connectivity index (χ1v) is 9.95. The van der Waals surface area contributed by atoms with Gasteiger partial charge >= 0.3 is 6.09 Å². The van der Waals surface area contributed by atoms with E-state index in [9.17, 15) is 14.4 Å². The van der Waals surface area contributed by atoms with Crippen LogP contribution in [-0.4, -0.2) is 34.9 Å². The van der Waals surface area contributed by atoms with Crippen molar-refractivity contribution in [3.8, 4) is 0 Å². The smallest absolute Gasteiger partial charge is 0.411 e. The number of cyclic esters (lactones) is 1. The molecule has 2 aromatic rings. The molecule has 0 aromatic heterocycles. The van der Waals surface area contributed by atoms with Gasteiger partial charge in [0.1, 0.15) is 0 Å². The average Bonchev–Trinajstić information content (AvgIpc) is 2.99. The minimum atomic E-state index is -0.825. The maximum atomic E-state index is 13.0. The van der Waals surface area contributed by atoms with Crippen molar-refractivity contribution in [2.24, 2.45) is 0 Å². The van der Waals surface area contributed by atoms with Gasteiger partial charge in [0, 0.05) is 18.7 Å². The summed E-state index contributed by atoms with van der Waals surface area (Å²) in [5, 5.41) is 5.61. The Morgan fingerprint density at radius 2 is 1.83 bits per heavy atom. The standard InChI is InChI=1S/C23H27N3O4/c1-14(2)24-22(28)20-21(18-6-5-7-19(12-18)25-16(4)27)30-23(29)26(20)13-17-10-8-15(3)9-11-17/h5-12,14,20-21H,13H2,1-4H3,(H,24,28)(H,25,27)/t20-,21+/m1/s1. The van der Waals surface area contributed by atoms with Crippen LogP contribution in [0.25, 0.3) is 0 Å². The molecular weight excluding hydrogens is 382 g/mol. The number of hydrogen-bond donors (Lipinski definition) is 2. The van der Waals surface area contributed by atoms with Crippen LogP contribution in [0.3, 0.4) is 0 Å². The zero-order chi connectivity index (χ0) is 21.8. The van der Waals surface area contributed by atoms with E-state index in [2.05, 4.69) is 10.6 Å². The summed E-state index contributed by atoms with van der Waals surface area (Å²) in [4.78, 5) is 38.7. The van der Waals surface area contributed by atoms with Crippen molar-refractivity contribution in [2.75, 3.05) is 5.32 Å². The first kappa shape index (κ1) is 21.4. The minimum absolute atomic E-state index is 0.0826. The summed E-state index contributed by atoms with van der Waals surface area (Å²) in [5.74, 6) is -0.483. The fraction of sp³-hybridized carbons (Fsp3) is 0.348. The Bertz CT molecular complexity index is 940. The van der Waals surface area contributed by atoms with Crippen LogP contribution >= 0.6 is 0 Å². The molecule has 1 saturated heterocycles. The topological polar surface area (TPSA) is 87.7 Å².